The number of nitrogens with zero attached hydrogens (tertiary/aromatic N) is 3. The first-order valence-electron chi connectivity index (χ1n) is 10.0. The molecule has 33 heavy (non-hydrogen) atoms. The molecule has 4 aromatic rings. The average molecular weight is 497 g/mol. The molecule has 0 aliphatic carbocycles. The fourth-order valence-corrected chi connectivity index (χ4v) is 6.21. The Kier molecular flexibility index (Phi) is 7.07. The summed E-state index contributed by atoms with van der Waals surface area (Å²) < 4.78 is 28.7. The Balaban J connectivity index is 1.59. The first kappa shape index (κ1) is 23.0. The van der Waals surface area contributed by atoms with Gasteiger partial charge in [-0.3, -0.25) is 9.10 Å². The van der Waals surface area contributed by atoms with Crippen LogP contribution in [0.2, 0.25) is 0 Å². The summed E-state index contributed by atoms with van der Waals surface area (Å²) in [4.78, 5) is 13.9. The maximum Gasteiger partial charge on any atom is 0.264 e. The van der Waals surface area contributed by atoms with Gasteiger partial charge < -0.3 is 5.32 Å². The number of para-hydroxylation sites is 2. The fraction of sp³-hybridized carbons (Fsp3) is 0.0870. The Morgan fingerprint density at radius 3 is 2.52 bits per heavy atom. The first-order chi connectivity index (χ1) is 16.0. The first-order valence-corrected chi connectivity index (χ1v) is 13.1. The normalized spacial score (nSPS) is 11.2. The summed E-state index contributed by atoms with van der Waals surface area (Å²) in [6.45, 7) is 2.03. The molecule has 0 spiro atoms. The molecule has 0 radical (unpaired) electrons. The molecule has 1 N–H and O–H groups in total. The van der Waals surface area contributed by atoms with E-state index >= 15 is 0 Å². The molecule has 3 aromatic carbocycles. The number of nitrogens with one attached hydrogen (secondary N) is 1. The van der Waals surface area contributed by atoms with Crippen molar-refractivity contribution in [2.75, 3.05) is 16.2 Å². The molecule has 0 bridgehead atoms. The highest BCUT2D eigenvalue weighted by atomic mass is 32.2. The Bertz CT molecular complexity index is 1340. The van der Waals surface area contributed by atoms with Crippen LogP contribution in [0, 0.1) is 0 Å². The summed E-state index contributed by atoms with van der Waals surface area (Å²) in [5, 5.41) is 10.7. The zero-order valence-electron chi connectivity index (χ0n) is 17.6. The monoisotopic (exact) mass is 496 g/mol. The van der Waals surface area contributed by atoms with Crippen LogP contribution >= 0.6 is 23.1 Å². The van der Waals surface area contributed by atoms with Crippen LogP contribution in [0.25, 0.3) is 0 Å². The lowest BCUT2D eigenvalue weighted by Crippen LogP contribution is -2.31. The standard InChI is InChI=1S/C23H20N4O3S3/c1-2-27(18-10-4-3-5-11-18)33(29,30)19-12-8-9-17(15-19)22(28)25-20-13-6-7-14-21(20)32-23-26-24-16-31-23/h3-16H,2H2,1H3,(H,25,28). The highest BCUT2D eigenvalue weighted by Gasteiger charge is 2.24. The Morgan fingerprint density at radius 2 is 1.79 bits per heavy atom. The van der Waals surface area contributed by atoms with Crippen molar-refractivity contribution in [2.45, 2.75) is 21.1 Å². The van der Waals surface area contributed by atoms with Gasteiger partial charge in [0.2, 0.25) is 0 Å². The van der Waals surface area contributed by atoms with Crippen molar-refractivity contribution >= 4 is 50.4 Å². The summed E-state index contributed by atoms with van der Waals surface area (Å²) in [5.41, 5.74) is 3.06. The number of benzene rings is 3. The molecule has 0 saturated heterocycles. The van der Waals surface area contributed by atoms with Crippen molar-refractivity contribution < 1.29 is 13.2 Å². The lowest BCUT2D eigenvalue weighted by atomic mass is 10.2. The number of sulfonamides is 1. The van der Waals surface area contributed by atoms with Gasteiger partial charge in [-0.25, -0.2) is 8.42 Å². The van der Waals surface area contributed by atoms with Crippen molar-refractivity contribution in [1.82, 2.24) is 10.2 Å². The maximum atomic E-state index is 13.3. The SMILES string of the molecule is CCN(c1ccccc1)S(=O)(=O)c1cccc(C(=O)Nc2ccccc2Sc2nncs2)c1. The third kappa shape index (κ3) is 5.24. The minimum absolute atomic E-state index is 0.0531. The van der Waals surface area contributed by atoms with E-state index in [4.69, 9.17) is 0 Å². The third-order valence-electron chi connectivity index (χ3n) is 4.69. The lowest BCUT2D eigenvalue weighted by Gasteiger charge is -2.23. The van der Waals surface area contributed by atoms with Gasteiger partial charge >= 0.3 is 0 Å². The molecule has 7 nitrogen and oxygen atoms in total. The molecule has 0 fully saturated rings. The van der Waals surface area contributed by atoms with E-state index < -0.39 is 15.9 Å². The van der Waals surface area contributed by atoms with Crippen LogP contribution < -0.4 is 9.62 Å². The van der Waals surface area contributed by atoms with Crippen molar-refractivity contribution in [1.29, 1.82) is 0 Å². The molecule has 1 amide bonds. The van der Waals surface area contributed by atoms with Crippen molar-refractivity contribution in [2.24, 2.45) is 0 Å². The van der Waals surface area contributed by atoms with Crippen LogP contribution in [-0.2, 0) is 10.0 Å². The van der Waals surface area contributed by atoms with Crippen molar-refractivity contribution in [3.63, 3.8) is 0 Å². The highest BCUT2D eigenvalue weighted by molar-refractivity contribution is 8.01. The van der Waals surface area contributed by atoms with Crippen LogP contribution in [0.1, 0.15) is 17.3 Å². The van der Waals surface area contributed by atoms with E-state index in [0.717, 1.165) is 9.24 Å². The maximum absolute atomic E-state index is 13.3. The van der Waals surface area contributed by atoms with Gasteiger partial charge in [0.05, 0.1) is 16.3 Å². The minimum atomic E-state index is -3.84. The summed E-state index contributed by atoms with van der Waals surface area (Å²) in [7, 11) is -3.84. The van der Waals surface area contributed by atoms with Crippen LogP contribution in [-0.4, -0.2) is 31.1 Å². The van der Waals surface area contributed by atoms with Gasteiger partial charge in [-0.2, -0.15) is 0 Å². The third-order valence-corrected chi connectivity index (χ3v) is 8.44. The molecule has 1 heterocycles. The molecule has 0 atom stereocenters. The quantitative estimate of drug-likeness (QED) is 0.362. The summed E-state index contributed by atoms with van der Waals surface area (Å²) in [6.07, 6.45) is 0. The van der Waals surface area contributed by atoms with E-state index in [0.29, 0.717) is 11.4 Å². The Labute approximate surface area is 200 Å². The van der Waals surface area contributed by atoms with E-state index in [1.807, 2.05) is 24.3 Å². The number of aromatic nitrogens is 2. The van der Waals surface area contributed by atoms with Crippen molar-refractivity contribution in [3.8, 4) is 0 Å². The predicted molar refractivity (Wildman–Crippen MR) is 132 cm³/mol. The van der Waals surface area contributed by atoms with Gasteiger partial charge in [-0.05, 0) is 49.4 Å². The van der Waals surface area contributed by atoms with Gasteiger partial charge in [0.25, 0.3) is 15.9 Å². The molecule has 168 valence electrons. The van der Waals surface area contributed by atoms with Gasteiger partial charge in [0, 0.05) is 17.0 Å². The van der Waals surface area contributed by atoms with Gasteiger partial charge in [0.1, 0.15) is 5.51 Å². The summed E-state index contributed by atoms with van der Waals surface area (Å²) >= 11 is 2.80. The number of carbonyl (C=O) groups excluding carboxylic acids is 1. The van der Waals surface area contributed by atoms with Crippen LogP contribution in [0.5, 0.6) is 0 Å². The smallest absolute Gasteiger partial charge is 0.264 e. The largest absolute Gasteiger partial charge is 0.321 e. The fourth-order valence-electron chi connectivity index (χ4n) is 3.17. The minimum Gasteiger partial charge on any atom is -0.321 e. The predicted octanol–water partition coefficient (Wildman–Crippen LogP) is 5.16. The molecule has 0 aliphatic heterocycles. The second-order valence-electron chi connectivity index (χ2n) is 6.79. The number of hydrogen-bond donors (Lipinski definition) is 1. The molecule has 4 rings (SSSR count). The van der Waals surface area contributed by atoms with Crippen LogP contribution in [0.3, 0.4) is 0 Å². The Morgan fingerprint density at radius 1 is 1.03 bits per heavy atom. The van der Waals surface area contributed by atoms with Crippen LogP contribution in [0.4, 0.5) is 11.4 Å². The summed E-state index contributed by atoms with van der Waals surface area (Å²) in [5.74, 6) is -0.403. The number of hydrogen-bond acceptors (Lipinski definition) is 7. The zero-order chi connectivity index (χ0) is 23.3. The molecular formula is C23H20N4O3S3. The molecule has 0 aliphatic rings. The highest BCUT2D eigenvalue weighted by Crippen LogP contribution is 2.34. The Hall–Kier alpha value is -3.21. The molecule has 1 aromatic heterocycles. The van der Waals surface area contributed by atoms with E-state index in [1.54, 1.807) is 54.9 Å². The lowest BCUT2D eigenvalue weighted by molar-refractivity contribution is 0.102. The van der Waals surface area contributed by atoms with E-state index in [-0.39, 0.29) is 17.0 Å². The van der Waals surface area contributed by atoms with Gasteiger partial charge in [0.15, 0.2) is 4.34 Å². The molecule has 0 unspecified atom stereocenters. The van der Waals surface area contributed by atoms with Crippen LogP contribution in [0.15, 0.2) is 98.5 Å². The van der Waals surface area contributed by atoms with E-state index in [1.165, 1.54) is 39.5 Å². The number of anilines is 2. The van der Waals surface area contributed by atoms with E-state index in [2.05, 4.69) is 15.5 Å². The van der Waals surface area contributed by atoms with E-state index in [9.17, 15) is 13.2 Å². The zero-order valence-corrected chi connectivity index (χ0v) is 20.0. The average Bonchev–Trinajstić information content (AvgIpc) is 3.34. The molecular weight excluding hydrogens is 476 g/mol. The van der Waals surface area contributed by atoms with Gasteiger partial charge in [-0.1, -0.05) is 59.5 Å². The van der Waals surface area contributed by atoms with Gasteiger partial charge in [-0.15, -0.1) is 10.2 Å². The molecule has 0 saturated carbocycles. The number of amides is 1. The second-order valence-corrected chi connectivity index (χ2v) is 10.8. The number of carbonyl (C=O) groups is 1. The van der Waals surface area contributed by atoms with Crippen molar-refractivity contribution in [3.05, 3.63) is 89.9 Å². The second kappa shape index (κ2) is 10.2. The molecule has 10 heteroatoms. The number of rotatable bonds is 8. The topological polar surface area (TPSA) is 92.3 Å². The summed E-state index contributed by atoms with van der Waals surface area (Å²) in [6, 6.07) is 22.3.